The average molecular weight is 488 g/mol. The summed E-state index contributed by atoms with van der Waals surface area (Å²) in [5.74, 6) is -0.483. The second-order valence-electron chi connectivity index (χ2n) is 10.6. The number of thiocarbonyl (C=S) groups is 1. The molecule has 0 aliphatic rings. The molecule has 182 valence electrons. The van der Waals surface area contributed by atoms with Gasteiger partial charge in [-0.15, -0.1) is 0 Å². The third-order valence-electron chi connectivity index (χ3n) is 5.63. The molecule has 0 saturated heterocycles. The van der Waals surface area contributed by atoms with E-state index < -0.39 is 0 Å². The summed E-state index contributed by atoms with van der Waals surface area (Å²) in [5, 5.41) is 8.79. The number of carbonyl (C=O) groups is 2. The Kier molecular flexibility index (Phi) is 7.76. The lowest BCUT2D eigenvalue weighted by Gasteiger charge is -2.19. The van der Waals surface area contributed by atoms with Crippen LogP contribution in [0.25, 0.3) is 0 Å². The Morgan fingerprint density at radius 1 is 0.629 bits per heavy atom. The van der Waals surface area contributed by atoms with Crippen molar-refractivity contribution in [2.45, 2.75) is 52.4 Å². The van der Waals surface area contributed by atoms with E-state index in [-0.39, 0.29) is 27.8 Å². The van der Waals surface area contributed by atoms with E-state index in [9.17, 15) is 9.59 Å². The highest BCUT2D eigenvalue weighted by molar-refractivity contribution is 7.80. The van der Waals surface area contributed by atoms with Gasteiger partial charge in [-0.05, 0) is 76.6 Å². The van der Waals surface area contributed by atoms with Crippen LogP contribution in [0.3, 0.4) is 0 Å². The van der Waals surface area contributed by atoms with Crippen LogP contribution in [0.5, 0.6) is 0 Å². The Labute approximate surface area is 213 Å². The summed E-state index contributed by atoms with van der Waals surface area (Å²) in [7, 11) is 0. The van der Waals surface area contributed by atoms with Gasteiger partial charge in [0.15, 0.2) is 5.11 Å². The van der Waals surface area contributed by atoms with E-state index in [1.165, 1.54) is 5.56 Å². The summed E-state index contributed by atoms with van der Waals surface area (Å²) in [6, 6.07) is 22.3. The van der Waals surface area contributed by atoms with Gasteiger partial charge in [0.05, 0.1) is 0 Å². The molecule has 35 heavy (non-hydrogen) atoms. The van der Waals surface area contributed by atoms with E-state index in [1.807, 2.05) is 42.5 Å². The summed E-state index contributed by atoms with van der Waals surface area (Å²) in [6.07, 6.45) is 0. The molecule has 0 spiro atoms. The fourth-order valence-corrected chi connectivity index (χ4v) is 3.67. The normalized spacial score (nSPS) is 11.5. The molecular formula is C29H33N3O2S. The number of carbonyl (C=O) groups excluding carboxylic acids is 2. The van der Waals surface area contributed by atoms with Gasteiger partial charge in [-0.3, -0.25) is 14.9 Å². The van der Waals surface area contributed by atoms with Gasteiger partial charge < -0.3 is 10.6 Å². The highest BCUT2D eigenvalue weighted by atomic mass is 32.1. The van der Waals surface area contributed by atoms with E-state index in [0.29, 0.717) is 22.5 Å². The number of benzene rings is 3. The van der Waals surface area contributed by atoms with Crippen molar-refractivity contribution in [1.29, 1.82) is 0 Å². The highest BCUT2D eigenvalue weighted by Gasteiger charge is 2.16. The molecule has 0 aromatic heterocycles. The summed E-state index contributed by atoms with van der Waals surface area (Å²) in [5.41, 5.74) is 4.74. The molecule has 0 saturated carbocycles. The molecule has 0 bridgehead atoms. The fraction of sp³-hybridized carbons (Fsp3) is 0.276. The molecule has 0 aliphatic carbocycles. The van der Waals surface area contributed by atoms with Crippen molar-refractivity contribution in [3.05, 3.63) is 95.1 Å². The van der Waals surface area contributed by atoms with Crippen molar-refractivity contribution in [3.63, 3.8) is 0 Å². The molecule has 3 aromatic carbocycles. The van der Waals surface area contributed by atoms with Crippen LogP contribution in [0.4, 0.5) is 11.4 Å². The van der Waals surface area contributed by atoms with E-state index in [2.05, 4.69) is 57.5 Å². The van der Waals surface area contributed by atoms with Crippen LogP contribution in [0.15, 0.2) is 72.8 Å². The molecule has 0 aliphatic heterocycles. The van der Waals surface area contributed by atoms with E-state index in [4.69, 9.17) is 12.2 Å². The smallest absolute Gasteiger partial charge is 0.257 e. The minimum Gasteiger partial charge on any atom is -0.332 e. The van der Waals surface area contributed by atoms with Crippen LogP contribution in [0.2, 0.25) is 0 Å². The standard InChI is InChI=1S/C29H33N3O2S/c1-28(2,3)21-14-10-19(11-15-21)25(33)30-23-8-7-9-24(18-23)31-27(35)32-26(34)20-12-16-22(17-13-20)29(4,5)6/h7-18H,1-6H3,(H,30,33)(H2,31,32,34,35). The molecule has 0 radical (unpaired) electrons. The average Bonchev–Trinajstić information content (AvgIpc) is 2.78. The summed E-state index contributed by atoms with van der Waals surface area (Å²) >= 11 is 5.32. The quantitative estimate of drug-likeness (QED) is 0.360. The maximum absolute atomic E-state index is 12.7. The predicted octanol–water partition coefficient (Wildman–Crippen LogP) is 6.66. The number of rotatable bonds is 4. The van der Waals surface area contributed by atoms with Crippen molar-refractivity contribution in [3.8, 4) is 0 Å². The molecule has 2 amide bonds. The number of hydrogen-bond acceptors (Lipinski definition) is 3. The van der Waals surface area contributed by atoms with Gasteiger partial charge >= 0.3 is 0 Å². The predicted molar refractivity (Wildman–Crippen MR) is 148 cm³/mol. The third-order valence-corrected chi connectivity index (χ3v) is 5.84. The van der Waals surface area contributed by atoms with Gasteiger partial charge in [-0.2, -0.15) is 0 Å². The van der Waals surface area contributed by atoms with Crippen molar-refractivity contribution < 1.29 is 9.59 Å². The maximum atomic E-state index is 12.7. The first-order valence-corrected chi connectivity index (χ1v) is 12.0. The lowest BCUT2D eigenvalue weighted by atomic mass is 9.86. The van der Waals surface area contributed by atoms with Crippen LogP contribution in [0.1, 0.15) is 73.4 Å². The second kappa shape index (κ2) is 10.4. The Bertz CT molecular complexity index is 1220. The van der Waals surface area contributed by atoms with Gasteiger partial charge in [0.25, 0.3) is 11.8 Å². The van der Waals surface area contributed by atoms with Crippen LogP contribution < -0.4 is 16.0 Å². The van der Waals surface area contributed by atoms with Crippen molar-refractivity contribution >= 4 is 40.5 Å². The number of anilines is 2. The van der Waals surface area contributed by atoms with Crippen LogP contribution in [-0.2, 0) is 10.8 Å². The summed E-state index contributed by atoms with van der Waals surface area (Å²) in [4.78, 5) is 25.2. The molecule has 0 fully saturated rings. The van der Waals surface area contributed by atoms with Crippen molar-refractivity contribution in [2.75, 3.05) is 10.6 Å². The first kappa shape index (κ1) is 26.1. The van der Waals surface area contributed by atoms with Crippen molar-refractivity contribution in [1.82, 2.24) is 5.32 Å². The molecular weight excluding hydrogens is 454 g/mol. The van der Waals surface area contributed by atoms with Crippen LogP contribution in [0, 0.1) is 0 Å². The molecule has 3 aromatic rings. The highest BCUT2D eigenvalue weighted by Crippen LogP contribution is 2.23. The molecule has 3 N–H and O–H groups in total. The lowest BCUT2D eigenvalue weighted by Crippen LogP contribution is -2.34. The Hall–Kier alpha value is -3.51. The molecule has 0 atom stereocenters. The molecule has 5 nitrogen and oxygen atoms in total. The van der Waals surface area contributed by atoms with Crippen LogP contribution in [-0.4, -0.2) is 16.9 Å². The zero-order valence-corrected chi connectivity index (χ0v) is 22.0. The van der Waals surface area contributed by atoms with Gasteiger partial charge in [-0.1, -0.05) is 71.9 Å². The Morgan fingerprint density at radius 2 is 1.06 bits per heavy atom. The minimum absolute atomic E-state index is 0.0160. The Morgan fingerprint density at radius 3 is 1.51 bits per heavy atom. The third kappa shape index (κ3) is 7.23. The first-order chi connectivity index (χ1) is 16.3. The Balaban J connectivity index is 1.60. The van der Waals surface area contributed by atoms with E-state index in [0.717, 1.165) is 5.56 Å². The summed E-state index contributed by atoms with van der Waals surface area (Å²) < 4.78 is 0. The van der Waals surface area contributed by atoms with Crippen LogP contribution >= 0.6 is 12.2 Å². The van der Waals surface area contributed by atoms with Gasteiger partial charge in [0.2, 0.25) is 0 Å². The maximum Gasteiger partial charge on any atom is 0.257 e. The molecule has 0 unspecified atom stereocenters. The molecule has 0 heterocycles. The van der Waals surface area contributed by atoms with Crippen molar-refractivity contribution in [2.24, 2.45) is 0 Å². The van der Waals surface area contributed by atoms with E-state index in [1.54, 1.807) is 30.3 Å². The van der Waals surface area contributed by atoms with E-state index >= 15 is 0 Å². The number of nitrogens with one attached hydrogen (secondary N) is 3. The summed E-state index contributed by atoms with van der Waals surface area (Å²) in [6.45, 7) is 12.8. The molecule has 6 heteroatoms. The topological polar surface area (TPSA) is 70.2 Å². The number of amides is 2. The zero-order chi connectivity index (χ0) is 25.8. The van der Waals surface area contributed by atoms with Gasteiger partial charge in [0, 0.05) is 22.5 Å². The zero-order valence-electron chi connectivity index (χ0n) is 21.2. The fourth-order valence-electron chi connectivity index (χ4n) is 3.46. The monoisotopic (exact) mass is 487 g/mol. The molecule has 3 rings (SSSR count). The van der Waals surface area contributed by atoms with Gasteiger partial charge in [-0.25, -0.2) is 0 Å². The number of hydrogen-bond donors (Lipinski definition) is 3. The minimum atomic E-state index is -0.286. The first-order valence-electron chi connectivity index (χ1n) is 11.6. The lowest BCUT2D eigenvalue weighted by molar-refractivity contribution is 0.0976. The SMILES string of the molecule is CC(C)(C)c1ccc(C(=O)NC(=S)Nc2cccc(NC(=O)c3ccc(C(C)(C)C)cc3)c2)cc1. The van der Waals surface area contributed by atoms with Gasteiger partial charge in [0.1, 0.15) is 0 Å². The largest absolute Gasteiger partial charge is 0.332 e. The second-order valence-corrected chi connectivity index (χ2v) is 11.0.